The van der Waals surface area contributed by atoms with Crippen LogP contribution in [0.2, 0.25) is 0 Å². The van der Waals surface area contributed by atoms with Crippen molar-refractivity contribution in [1.82, 2.24) is 5.32 Å². The van der Waals surface area contributed by atoms with E-state index in [0.29, 0.717) is 6.42 Å². The fourth-order valence-electron chi connectivity index (χ4n) is 1.52. The molecular weight excluding hydrogens is 301 g/mol. The Morgan fingerprint density at radius 1 is 1.07 bits per heavy atom. The Morgan fingerprint density at radius 2 is 1.67 bits per heavy atom. The molecule has 0 aromatic carbocycles. The number of halogens is 1. The van der Waals surface area contributed by atoms with E-state index in [9.17, 15) is 4.79 Å². The minimum absolute atomic E-state index is 0.222. The highest BCUT2D eigenvalue weighted by molar-refractivity contribution is 14.1. The molecule has 2 nitrogen and oxygen atoms in total. The lowest BCUT2D eigenvalue weighted by Crippen LogP contribution is -2.24. The summed E-state index contributed by atoms with van der Waals surface area (Å²) in [5.74, 6) is 0.222. The molecule has 3 heteroatoms. The number of hydrogen-bond donors (Lipinski definition) is 1. The van der Waals surface area contributed by atoms with Crippen LogP contribution in [0.5, 0.6) is 0 Å². The maximum absolute atomic E-state index is 11.2. The van der Waals surface area contributed by atoms with E-state index in [-0.39, 0.29) is 5.91 Å². The predicted molar refractivity (Wildman–Crippen MR) is 74.5 cm³/mol. The third-order valence-corrected chi connectivity index (χ3v) is 2.96. The van der Waals surface area contributed by atoms with Gasteiger partial charge in [0.1, 0.15) is 0 Å². The first-order valence-corrected chi connectivity index (χ1v) is 7.66. The van der Waals surface area contributed by atoms with E-state index in [4.69, 9.17) is 0 Å². The minimum atomic E-state index is 0.222. The minimum Gasteiger partial charge on any atom is -0.355 e. The van der Waals surface area contributed by atoms with Crippen molar-refractivity contribution < 1.29 is 4.79 Å². The molecule has 0 atom stereocenters. The van der Waals surface area contributed by atoms with Gasteiger partial charge >= 0.3 is 0 Å². The Bertz CT molecular complexity index is 151. The van der Waals surface area contributed by atoms with Crippen molar-refractivity contribution in [2.24, 2.45) is 0 Å². The molecule has 0 fully saturated rings. The van der Waals surface area contributed by atoms with Crippen LogP contribution in [0.25, 0.3) is 0 Å². The highest BCUT2D eigenvalue weighted by Crippen LogP contribution is 2.08. The van der Waals surface area contributed by atoms with Crippen molar-refractivity contribution in [3.05, 3.63) is 0 Å². The van der Waals surface area contributed by atoms with Crippen molar-refractivity contribution in [2.45, 2.75) is 58.3 Å². The molecule has 15 heavy (non-hydrogen) atoms. The average molecular weight is 325 g/mol. The van der Waals surface area contributed by atoms with Crippen molar-refractivity contribution >= 4 is 28.5 Å². The number of carbonyl (C=O) groups excluding carboxylic acids is 1. The fourth-order valence-corrected chi connectivity index (χ4v) is 1.79. The van der Waals surface area contributed by atoms with Crippen LogP contribution in [-0.2, 0) is 4.79 Å². The monoisotopic (exact) mass is 325 g/mol. The SMILES string of the molecule is CCCCCCCCCC(=O)NCCI. The molecular formula is C12H24INO. The van der Waals surface area contributed by atoms with Gasteiger partial charge in [0.05, 0.1) is 0 Å². The first kappa shape index (κ1) is 15.2. The molecule has 0 heterocycles. The molecule has 0 spiro atoms. The fraction of sp³-hybridized carbons (Fsp3) is 0.917. The summed E-state index contributed by atoms with van der Waals surface area (Å²) >= 11 is 2.27. The zero-order chi connectivity index (χ0) is 11.4. The number of amides is 1. The molecule has 0 aromatic heterocycles. The Hall–Kier alpha value is 0.200. The van der Waals surface area contributed by atoms with Gasteiger partial charge in [0.25, 0.3) is 0 Å². The lowest BCUT2D eigenvalue weighted by molar-refractivity contribution is -0.121. The molecule has 1 N–H and O–H groups in total. The van der Waals surface area contributed by atoms with Crippen LogP contribution in [0.3, 0.4) is 0 Å². The second-order valence-electron chi connectivity index (χ2n) is 3.91. The summed E-state index contributed by atoms with van der Waals surface area (Å²) in [7, 11) is 0. The lowest BCUT2D eigenvalue weighted by Gasteiger charge is -2.03. The van der Waals surface area contributed by atoms with Crippen LogP contribution >= 0.6 is 22.6 Å². The summed E-state index contributed by atoms with van der Waals surface area (Å²) in [6, 6.07) is 0. The van der Waals surface area contributed by atoms with Crippen LogP contribution in [0.1, 0.15) is 58.3 Å². The van der Waals surface area contributed by atoms with Gasteiger partial charge in [-0.2, -0.15) is 0 Å². The lowest BCUT2D eigenvalue weighted by atomic mass is 10.1. The Labute approximate surface area is 108 Å². The zero-order valence-electron chi connectivity index (χ0n) is 9.86. The van der Waals surface area contributed by atoms with Gasteiger partial charge < -0.3 is 5.32 Å². The van der Waals surface area contributed by atoms with E-state index >= 15 is 0 Å². The first-order valence-electron chi connectivity index (χ1n) is 6.14. The van der Waals surface area contributed by atoms with E-state index in [1.54, 1.807) is 0 Å². The number of rotatable bonds is 10. The summed E-state index contributed by atoms with van der Waals surface area (Å²) in [5.41, 5.74) is 0. The van der Waals surface area contributed by atoms with Crippen LogP contribution in [0.15, 0.2) is 0 Å². The number of carbonyl (C=O) groups is 1. The Kier molecular flexibility index (Phi) is 12.4. The van der Waals surface area contributed by atoms with Crippen LogP contribution in [-0.4, -0.2) is 16.9 Å². The number of unbranched alkanes of at least 4 members (excludes halogenated alkanes) is 6. The maximum Gasteiger partial charge on any atom is 0.220 e. The molecule has 0 radical (unpaired) electrons. The molecule has 0 unspecified atom stereocenters. The second-order valence-corrected chi connectivity index (χ2v) is 4.99. The molecule has 0 rings (SSSR count). The van der Waals surface area contributed by atoms with Gasteiger partial charge in [-0.1, -0.05) is 68.0 Å². The standard InChI is InChI=1S/C12H24INO/c1-2-3-4-5-6-7-8-9-12(15)14-11-10-13/h2-11H2,1H3,(H,14,15). The van der Waals surface area contributed by atoms with Crippen molar-refractivity contribution in [1.29, 1.82) is 0 Å². The van der Waals surface area contributed by atoms with Crippen LogP contribution < -0.4 is 5.32 Å². The van der Waals surface area contributed by atoms with Crippen molar-refractivity contribution in [3.8, 4) is 0 Å². The molecule has 0 saturated carbocycles. The van der Waals surface area contributed by atoms with Gasteiger partial charge in [0.2, 0.25) is 5.91 Å². The molecule has 0 aliphatic heterocycles. The zero-order valence-corrected chi connectivity index (χ0v) is 12.0. The summed E-state index contributed by atoms with van der Waals surface area (Å²) in [6.07, 6.45) is 9.63. The highest BCUT2D eigenvalue weighted by atomic mass is 127. The third-order valence-electron chi connectivity index (χ3n) is 2.42. The molecule has 1 amide bonds. The normalized spacial score (nSPS) is 10.3. The van der Waals surface area contributed by atoms with E-state index in [1.165, 1.54) is 38.5 Å². The second kappa shape index (κ2) is 12.3. The van der Waals surface area contributed by atoms with Crippen LogP contribution in [0.4, 0.5) is 0 Å². The quantitative estimate of drug-likeness (QED) is 0.371. The summed E-state index contributed by atoms with van der Waals surface area (Å²) in [6.45, 7) is 3.05. The van der Waals surface area contributed by atoms with E-state index in [1.807, 2.05) is 0 Å². The van der Waals surface area contributed by atoms with Gasteiger partial charge in [-0.15, -0.1) is 0 Å². The number of alkyl halides is 1. The first-order chi connectivity index (χ1) is 7.31. The van der Waals surface area contributed by atoms with E-state index in [2.05, 4.69) is 34.8 Å². The molecule has 0 aliphatic carbocycles. The maximum atomic E-state index is 11.2. The van der Waals surface area contributed by atoms with Gasteiger partial charge in [-0.05, 0) is 6.42 Å². The highest BCUT2D eigenvalue weighted by Gasteiger charge is 1.99. The molecule has 0 bridgehead atoms. The molecule has 0 saturated heterocycles. The Balaban J connectivity index is 3.06. The molecule has 90 valence electrons. The summed E-state index contributed by atoms with van der Waals surface area (Å²) in [4.78, 5) is 11.2. The van der Waals surface area contributed by atoms with Gasteiger partial charge in [-0.25, -0.2) is 0 Å². The van der Waals surface area contributed by atoms with E-state index in [0.717, 1.165) is 17.4 Å². The molecule has 0 aromatic rings. The van der Waals surface area contributed by atoms with Crippen molar-refractivity contribution in [3.63, 3.8) is 0 Å². The smallest absolute Gasteiger partial charge is 0.220 e. The Morgan fingerprint density at radius 3 is 2.27 bits per heavy atom. The molecule has 0 aliphatic rings. The average Bonchev–Trinajstić information content (AvgIpc) is 2.25. The largest absolute Gasteiger partial charge is 0.355 e. The predicted octanol–water partition coefficient (Wildman–Crippen LogP) is 3.68. The topological polar surface area (TPSA) is 29.1 Å². The van der Waals surface area contributed by atoms with Gasteiger partial charge in [0.15, 0.2) is 0 Å². The number of hydrogen-bond acceptors (Lipinski definition) is 1. The number of nitrogens with one attached hydrogen (secondary N) is 1. The van der Waals surface area contributed by atoms with Gasteiger partial charge in [-0.3, -0.25) is 4.79 Å². The summed E-state index contributed by atoms with van der Waals surface area (Å²) in [5, 5.41) is 2.90. The van der Waals surface area contributed by atoms with E-state index < -0.39 is 0 Å². The van der Waals surface area contributed by atoms with Gasteiger partial charge in [0, 0.05) is 17.4 Å². The van der Waals surface area contributed by atoms with Crippen LogP contribution in [0, 0.1) is 0 Å². The summed E-state index contributed by atoms with van der Waals surface area (Å²) < 4.78 is 1.00. The van der Waals surface area contributed by atoms with Crippen molar-refractivity contribution in [2.75, 3.05) is 11.0 Å². The third kappa shape index (κ3) is 12.1.